The van der Waals surface area contributed by atoms with Crippen LogP contribution in [-0.4, -0.2) is 17.9 Å². The molecule has 0 bridgehead atoms. The number of benzene rings is 1. The van der Waals surface area contributed by atoms with Gasteiger partial charge in [0.25, 0.3) is 0 Å². The second-order valence-electron chi connectivity index (χ2n) is 4.85. The van der Waals surface area contributed by atoms with Crippen molar-refractivity contribution >= 4 is 17.2 Å². The highest BCUT2D eigenvalue weighted by molar-refractivity contribution is 7.13. The van der Waals surface area contributed by atoms with Crippen molar-refractivity contribution in [3.63, 3.8) is 0 Å². The predicted octanol–water partition coefficient (Wildman–Crippen LogP) is 3.14. The molecule has 0 unspecified atom stereocenters. The van der Waals surface area contributed by atoms with Crippen LogP contribution < -0.4 is 15.2 Å². The molecule has 0 fully saturated rings. The van der Waals surface area contributed by atoms with Crippen LogP contribution in [0.25, 0.3) is 0 Å². The Morgan fingerprint density at radius 1 is 1.29 bits per heavy atom. The van der Waals surface area contributed by atoms with Crippen molar-refractivity contribution < 1.29 is 9.47 Å². The Balaban J connectivity index is 2.09. The summed E-state index contributed by atoms with van der Waals surface area (Å²) in [6.07, 6.45) is 0. The van der Waals surface area contributed by atoms with Crippen molar-refractivity contribution in [1.29, 1.82) is 5.41 Å². The van der Waals surface area contributed by atoms with Gasteiger partial charge in [0.2, 0.25) is 0 Å². The number of hydrogen-bond donors (Lipinski definition) is 2. The fourth-order valence-electron chi connectivity index (χ4n) is 1.84. The molecule has 21 heavy (non-hydrogen) atoms. The van der Waals surface area contributed by atoms with Gasteiger partial charge in [-0.25, -0.2) is 4.98 Å². The van der Waals surface area contributed by atoms with Crippen LogP contribution in [0.4, 0.5) is 0 Å². The van der Waals surface area contributed by atoms with Gasteiger partial charge in [-0.05, 0) is 30.2 Å². The van der Waals surface area contributed by atoms with Gasteiger partial charge in [-0.15, -0.1) is 11.3 Å². The molecule has 6 heteroatoms. The zero-order valence-electron chi connectivity index (χ0n) is 12.3. The van der Waals surface area contributed by atoms with Gasteiger partial charge in [-0.1, -0.05) is 13.8 Å². The first kappa shape index (κ1) is 15.3. The average molecular weight is 305 g/mol. The summed E-state index contributed by atoms with van der Waals surface area (Å²) in [6.45, 7) is 4.44. The average Bonchev–Trinajstić information content (AvgIpc) is 2.90. The summed E-state index contributed by atoms with van der Waals surface area (Å²) in [5, 5.41) is 8.44. The van der Waals surface area contributed by atoms with E-state index in [0.717, 1.165) is 27.1 Å². The minimum absolute atomic E-state index is 0.0619. The molecule has 2 aromatic rings. The highest BCUT2D eigenvalue weighted by atomic mass is 32.1. The van der Waals surface area contributed by atoms with Crippen molar-refractivity contribution in [2.24, 2.45) is 5.73 Å². The molecule has 0 aliphatic rings. The van der Waals surface area contributed by atoms with Crippen LogP contribution in [0.1, 0.15) is 35.3 Å². The lowest BCUT2D eigenvalue weighted by Gasteiger charge is -2.05. The van der Waals surface area contributed by atoms with E-state index >= 15 is 0 Å². The van der Waals surface area contributed by atoms with Gasteiger partial charge in [0.15, 0.2) is 0 Å². The maximum Gasteiger partial charge on any atom is 0.140 e. The second kappa shape index (κ2) is 6.58. The van der Waals surface area contributed by atoms with Crippen LogP contribution in [0.2, 0.25) is 0 Å². The fraction of sp³-hybridized carbons (Fsp3) is 0.333. The van der Waals surface area contributed by atoms with Gasteiger partial charge in [-0.3, -0.25) is 5.41 Å². The van der Waals surface area contributed by atoms with Gasteiger partial charge in [0.1, 0.15) is 28.9 Å². The lowest BCUT2D eigenvalue weighted by atomic mass is 10.1. The number of aromatic nitrogens is 1. The highest BCUT2D eigenvalue weighted by Gasteiger charge is 2.16. The first-order valence-corrected chi connectivity index (χ1v) is 7.43. The molecule has 1 aromatic carbocycles. The molecule has 0 saturated carbocycles. The number of methoxy groups -OCH3 is 1. The summed E-state index contributed by atoms with van der Waals surface area (Å²) in [4.78, 5) is 5.26. The van der Waals surface area contributed by atoms with Crippen LogP contribution in [-0.2, 0) is 6.61 Å². The Hall–Kier alpha value is -2.08. The Morgan fingerprint density at radius 2 is 1.90 bits per heavy atom. The first-order valence-electron chi connectivity index (χ1n) is 6.62. The van der Waals surface area contributed by atoms with Crippen LogP contribution in [0.3, 0.4) is 0 Å². The van der Waals surface area contributed by atoms with E-state index in [4.69, 9.17) is 20.6 Å². The number of rotatable bonds is 6. The lowest BCUT2D eigenvalue weighted by Crippen LogP contribution is -2.12. The standard InChI is InChI=1S/C15H19N3O2S/c1-9(2)13-14(15(16)17)21-12(18-13)8-20-11-6-4-10(19-3)5-7-11/h4-7,9H,8H2,1-3H3,(H3,16,17). The van der Waals surface area contributed by atoms with E-state index in [-0.39, 0.29) is 11.8 Å². The molecule has 1 heterocycles. The maximum absolute atomic E-state index is 7.62. The van der Waals surface area contributed by atoms with Crippen LogP contribution in [0.15, 0.2) is 24.3 Å². The number of thiazole rings is 1. The monoisotopic (exact) mass is 305 g/mol. The van der Waals surface area contributed by atoms with E-state index in [2.05, 4.69) is 4.98 Å². The predicted molar refractivity (Wildman–Crippen MR) is 84.5 cm³/mol. The summed E-state index contributed by atoms with van der Waals surface area (Å²) in [5.41, 5.74) is 6.47. The van der Waals surface area contributed by atoms with Gasteiger partial charge in [0, 0.05) is 0 Å². The van der Waals surface area contributed by atoms with Gasteiger partial charge in [0.05, 0.1) is 17.7 Å². The van der Waals surface area contributed by atoms with Crippen LogP contribution in [0.5, 0.6) is 11.5 Å². The third-order valence-corrected chi connectivity index (χ3v) is 3.99. The smallest absolute Gasteiger partial charge is 0.140 e. The maximum atomic E-state index is 7.62. The number of nitrogen functional groups attached to an aromatic ring is 1. The number of nitrogens with one attached hydrogen (secondary N) is 1. The Morgan fingerprint density at radius 3 is 2.38 bits per heavy atom. The van der Waals surface area contributed by atoms with E-state index in [9.17, 15) is 0 Å². The molecule has 2 rings (SSSR count). The van der Waals surface area contributed by atoms with E-state index in [1.54, 1.807) is 7.11 Å². The van der Waals surface area contributed by atoms with Crippen molar-refractivity contribution in [3.05, 3.63) is 39.8 Å². The quantitative estimate of drug-likeness (QED) is 0.634. The zero-order valence-corrected chi connectivity index (χ0v) is 13.2. The van der Waals surface area contributed by atoms with E-state index in [1.165, 1.54) is 11.3 Å². The number of amidine groups is 1. The third kappa shape index (κ3) is 3.72. The normalized spacial score (nSPS) is 10.7. The Kier molecular flexibility index (Phi) is 4.80. The molecule has 1 aromatic heterocycles. The molecular weight excluding hydrogens is 286 g/mol. The van der Waals surface area contributed by atoms with E-state index in [0.29, 0.717) is 6.61 Å². The molecule has 0 amide bonds. The van der Waals surface area contributed by atoms with Crippen molar-refractivity contribution in [2.75, 3.05) is 7.11 Å². The molecule has 0 spiro atoms. The summed E-state index contributed by atoms with van der Waals surface area (Å²) >= 11 is 1.41. The van der Waals surface area contributed by atoms with Crippen molar-refractivity contribution in [3.8, 4) is 11.5 Å². The number of nitrogens with zero attached hydrogens (tertiary/aromatic N) is 1. The molecule has 0 aliphatic carbocycles. The van der Waals surface area contributed by atoms with Crippen LogP contribution in [0, 0.1) is 5.41 Å². The molecule has 0 atom stereocenters. The van der Waals surface area contributed by atoms with E-state index in [1.807, 2.05) is 38.1 Å². The molecular formula is C15H19N3O2S. The van der Waals surface area contributed by atoms with Crippen LogP contribution >= 0.6 is 11.3 Å². The second-order valence-corrected chi connectivity index (χ2v) is 5.94. The highest BCUT2D eigenvalue weighted by Crippen LogP contribution is 2.26. The number of nitrogens with two attached hydrogens (primary N) is 1. The minimum atomic E-state index is 0.0619. The molecule has 3 N–H and O–H groups in total. The van der Waals surface area contributed by atoms with Crippen molar-refractivity contribution in [1.82, 2.24) is 4.98 Å². The molecule has 0 aliphatic heterocycles. The minimum Gasteiger partial charge on any atom is -0.497 e. The lowest BCUT2D eigenvalue weighted by molar-refractivity contribution is 0.304. The third-order valence-electron chi connectivity index (χ3n) is 2.91. The number of ether oxygens (including phenoxy) is 2. The first-order chi connectivity index (χ1) is 10.0. The Bertz CT molecular complexity index is 620. The van der Waals surface area contributed by atoms with Crippen molar-refractivity contribution in [2.45, 2.75) is 26.4 Å². The summed E-state index contributed by atoms with van der Waals surface area (Å²) in [7, 11) is 1.63. The Labute approximate surface area is 128 Å². The molecule has 0 radical (unpaired) electrons. The SMILES string of the molecule is COc1ccc(OCc2nc(C(C)C)c(C(=N)N)s2)cc1. The summed E-state index contributed by atoms with van der Waals surface area (Å²) < 4.78 is 10.8. The summed E-state index contributed by atoms with van der Waals surface area (Å²) in [5.74, 6) is 1.83. The topological polar surface area (TPSA) is 81.2 Å². The van der Waals surface area contributed by atoms with Gasteiger partial charge < -0.3 is 15.2 Å². The number of hydrogen-bond acceptors (Lipinski definition) is 5. The van der Waals surface area contributed by atoms with Gasteiger partial charge >= 0.3 is 0 Å². The molecule has 112 valence electrons. The largest absolute Gasteiger partial charge is 0.497 e. The fourth-order valence-corrected chi connectivity index (χ4v) is 2.83. The van der Waals surface area contributed by atoms with E-state index < -0.39 is 0 Å². The molecule has 5 nitrogen and oxygen atoms in total. The zero-order chi connectivity index (χ0) is 15.4. The van der Waals surface area contributed by atoms with Gasteiger partial charge in [-0.2, -0.15) is 0 Å². The summed E-state index contributed by atoms with van der Waals surface area (Å²) in [6, 6.07) is 7.39. The molecule has 0 saturated heterocycles.